The highest BCUT2D eigenvalue weighted by molar-refractivity contribution is 7.14. The van der Waals surface area contributed by atoms with Gasteiger partial charge < -0.3 is 0 Å². The molecule has 2 heterocycles. The quantitative estimate of drug-likeness (QED) is 0.613. The summed E-state index contributed by atoms with van der Waals surface area (Å²) in [5.74, 6) is 0.0391. The van der Waals surface area contributed by atoms with E-state index in [1.807, 2.05) is 52.5 Å². The Morgan fingerprint density at radius 2 is 2.04 bits per heavy atom. The third-order valence-corrected chi connectivity index (χ3v) is 4.94. The monoisotopic (exact) mass is 340 g/mol. The average Bonchev–Trinajstić information content (AvgIpc) is 3.25. The lowest BCUT2D eigenvalue weighted by Gasteiger charge is -2.17. The van der Waals surface area contributed by atoms with Gasteiger partial charge in [-0.1, -0.05) is 36.4 Å². The number of anilines is 1. The normalized spacial score (nSPS) is 10.4. The van der Waals surface area contributed by atoms with E-state index >= 15 is 0 Å². The van der Waals surface area contributed by atoms with Crippen LogP contribution in [0.3, 0.4) is 0 Å². The van der Waals surface area contributed by atoms with Crippen LogP contribution in [0.15, 0.2) is 65.2 Å². The summed E-state index contributed by atoms with van der Waals surface area (Å²) in [6, 6.07) is 12.0. The van der Waals surface area contributed by atoms with E-state index in [4.69, 9.17) is 0 Å². The molecule has 0 radical (unpaired) electrons. The van der Waals surface area contributed by atoms with Crippen LogP contribution >= 0.6 is 22.7 Å². The van der Waals surface area contributed by atoms with Gasteiger partial charge in [0, 0.05) is 17.5 Å². The first-order chi connectivity index (χ1) is 11.3. The topological polar surface area (TPSA) is 33.2 Å². The minimum Gasteiger partial charge on any atom is -0.284 e. The molecule has 0 aliphatic heterocycles. The molecule has 0 aliphatic carbocycles. The Morgan fingerprint density at radius 3 is 2.74 bits per heavy atom. The number of rotatable bonds is 6. The van der Waals surface area contributed by atoms with Crippen LogP contribution in [0.25, 0.3) is 11.3 Å². The van der Waals surface area contributed by atoms with Gasteiger partial charge in [0.05, 0.1) is 12.1 Å². The lowest BCUT2D eigenvalue weighted by atomic mass is 10.2. The van der Waals surface area contributed by atoms with Gasteiger partial charge in [0.15, 0.2) is 5.13 Å². The molecule has 0 saturated heterocycles. The van der Waals surface area contributed by atoms with Gasteiger partial charge in [-0.05, 0) is 22.4 Å². The first-order valence-electron chi connectivity index (χ1n) is 7.21. The molecule has 23 heavy (non-hydrogen) atoms. The predicted octanol–water partition coefficient (Wildman–Crippen LogP) is 4.63. The van der Waals surface area contributed by atoms with Crippen LogP contribution in [0.1, 0.15) is 5.56 Å². The molecule has 0 fully saturated rings. The van der Waals surface area contributed by atoms with E-state index in [2.05, 4.69) is 11.6 Å². The fourth-order valence-corrected chi connectivity index (χ4v) is 3.74. The fraction of sp³-hybridized carbons (Fsp3) is 0.111. The third-order valence-electron chi connectivity index (χ3n) is 3.34. The zero-order valence-corrected chi connectivity index (χ0v) is 14.1. The second kappa shape index (κ2) is 7.35. The number of thiophene rings is 1. The number of aromatic nitrogens is 1. The highest BCUT2D eigenvalue weighted by Crippen LogP contribution is 2.28. The van der Waals surface area contributed by atoms with Crippen molar-refractivity contribution in [2.75, 3.05) is 11.4 Å². The molecule has 0 aliphatic rings. The molecule has 0 N–H and O–H groups in total. The first kappa shape index (κ1) is 15.6. The highest BCUT2D eigenvalue weighted by Gasteiger charge is 2.18. The minimum atomic E-state index is 0.0391. The molecule has 0 bridgehead atoms. The smallest absolute Gasteiger partial charge is 0.233 e. The maximum atomic E-state index is 12.6. The predicted molar refractivity (Wildman–Crippen MR) is 98.1 cm³/mol. The molecule has 3 nitrogen and oxygen atoms in total. The largest absolute Gasteiger partial charge is 0.284 e. The summed E-state index contributed by atoms with van der Waals surface area (Å²) in [7, 11) is 0. The molecule has 0 saturated carbocycles. The van der Waals surface area contributed by atoms with E-state index < -0.39 is 0 Å². The summed E-state index contributed by atoms with van der Waals surface area (Å²) in [4.78, 5) is 18.9. The van der Waals surface area contributed by atoms with Crippen molar-refractivity contribution >= 4 is 33.7 Å². The molecule has 1 aromatic carbocycles. The standard InChI is InChI=1S/C18H16N2OS2/c1-2-9-20(17(21)11-14-8-10-22-12-14)18-19-16(13-23-18)15-6-4-3-5-7-15/h2-8,10,12-13H,1,9,11H2. The number of thiazole rings is 1. The molecule has 116 valence electrons. The second-order valence-corrected chi connectivity index (χ2v) is 6.60. The molecular weight excluding hydrogens is 324 g/mol. The van der Waals surface area contributed by atoms with E-state index in [1.54, 1.807) is 22.3 Å². The maximum Gasteiger partial charge on any atom is 0.233 e. The van der Waals surface area contributed by atoms with Gasteiger partial charge in [-0.15, -0.1) is 17.9 Å². The van der Waals surface area contributed by atoms with Crippen molar-refractivity contribution in [3.63, 3.8) is 0 Å². The Morgan fingerprint density at radius 1 is 1.22 bits per heavy atom. The van der Waals surface area contributed by atoms with Crippen molar-refractivity contribution in [1.29, 1.82) is 0 Å². The molecule has 1 amide bonds. The Kier molecular flexibility index (Phi) is 5.00. The minimum absolute atomic E-state index is 0.0391. The van der Waals surface area contributed by atoms with Crippen molar-refractivity contribution < 1.29 is 4.79 Å². The van der Waals surface area contributed by atoms with Crippen molar-refractivity contribution in [1.82, 2.24) is 4.98 Å². The zero-order chi connectivity index (χ0) is 16.1. The third kappa shape index (κ3) is 3.75. The van der Waals surface area contributed by atoms with Crippen LogP contribution in [0.5, 0.6) is 0 Å². The summed E-state index contributed by atoms with van der Waals surface area (Å²) in [5.41, 5.74) is 2.98. The fourth-order valence-electron chi connectivity index (χ4n) is 2.21. The Balaban J connectivity index is 1.82. The van der Waals surface area contributed by atoms with Crippen molar-refractivity contribution in [3.8, 4) is 11.3 Å². The van der Waals surface area contributed by atoms with Gasteiger partial charge in [-0.25, -0.2) is 4.98 Å². The van der Waals surface area contributed by atoms with Crippen molar-refractivity contribution in [3.05, 3.63) is 70.8 Å². The maximum absolute atomic E-state index is 12.6. The molecule has 0 atom stereocenters. The van der Waals surface area contributed by atoms with Crippen LogP contribution in [0.4, 0.5) is 5.13 Å². The van der Waals surface area contributed by atoms with Crippen LogP contribution < -0.4 is 4.90 Å². The molecular formula is C18H16N2OS2. The van der Waals surface area contributed by atoms with Gasteiger partial charge in [-0.3, -0.25) is 9.69 Å². The lowest BCUT2D eigenvalue weighted by molar-refractivity contribution is -0.117. The highest BCUT2D eigenvalue weighted by atomic mass is 32.1. The Labute approximate surface area is 143 Å². The van der Waals surface area contributed by atoms with Gasteiger partial charge >= 0.3 is 0 Å². The zero-order valence-electron chi connectivity index (χ0n) is 12.5. The number of amides is 1. The Hall–Kier alpha value is -2.24. The molecule has 2 aromatic heterocycles. The molecule has 0 unspecified atom stereocenters. The van der Waals surface area contributed by atoms with Crippen molar-refractivity contribution in [2.24, 2.45) is 0 Å². The molecule has 3 rings (SSSR count). The number of hydrogen-bond donors (Lipinski definition) is 0. The van der Waals surface area contributed by atoms with Gasteiger partial charge in [0.1, 0.15) is 0 Å². The lowest BCUT2D eigenvalue weighted by Crippen LogP contribution is -2.32. The Bertz CT molecular complexity index is 778. The van der Waals surface area contributed by atoms with E-state index in [1.165, 1.54) is 11.3 Å². The van der Waals surface area contributed by atoms with Crippen molar-refractivity contribution in [2.45, 2.75) is 6.42 Å². The number of benzene rings is 1. The van der Waals surface area contributed by atoms with Gasteiger partial charge in [0.25, 0.3) is 0 Å². The SMILES string of the molecule is C=CCN(C(=O)Cc1ccsc1)c1nc(-c2ccccc2)cs1. The summed E-state index contributed by atoms with van der Waals surface area (Å²) >= 11 is 3.08. The summed E-state index contributed by atoms with van der Waals surface area (Å²) in [5, 5.41) is 6.68. The molecule has 3 aromatic rings. The summed E-state index contributed by atoms with van der Waals surface area (Å²) in [6.45, 7) is 4.22. The van der Waals surface area contributed by atoms with Crippen LogP contribution in [-0.4, -0.2) is 17.4 Å². The average molecular weight is 340 g/mol. The van der Waals surface area contributed by atoms with E-state index in [0.29, 0.717) is 18.1 Å². The number of carbonyl (C=O) groups is 1. The number of hydrogen-bond acceptors (Lipinski definition) is 4. The van der Waals surface area contributed by atoms with Crippen LogP contribution in [0.2, 0.25) is 0 Å². The summed E-state index contributed by atoms with van der Waals surface area (Å²) < 4.78 is 0. The van der Waals surface area contributed by atoms with E-state index in [9.17, 15) is 4.79 Å². The van der Waals surface area contributed by atoms with Gasteiger partial charge in [-0.2, -0.15) is 11.3 Å². The second-order valence-electron chi connectivity index (χ2n) is 4.98. The van der Waals surface area contributed by atoms with Gasteiger partial charge in [0.2, 0.25) is 5.91 Å². The van der Waals surface area contributed by atoms with Crippen LogP contribution in [0, 0.1) is 0 Å². The first-order valence-corrected chi connectivity index (χ1v) is 9.03. The van der Waals surface area contributed by atoms with E-state index in [0.717, 1.165) is 16.8 Å². The molecule has 5 heteroatoms. The van der Waals surface area contributed by atoms with Crippen LogP contribution in [-0.2, 0) is 11.2 Å². The number of carbonyl (C=O) groups excluding carboxylic acids is 1. The van der Waals surface area contributed by atoms with E-state index in [-0.39, 0.29) is 5.91 Å². The molecule has 0 spiro atoms. The number of nitrogens with zero attached hydrogens (tertiary/aromatic N) is 2. The summed E-state index contributed by atoms with van der Waals surface area (Å²) in [6.07, 6.45) is 2.12.